The molecule has 0 rings (SSSR count). The summed E-state index contributed by atoms with van der Waals surface area (Å²) >= 11 is 0. The number of esters is 1. The summed E-state index contributed by atoms with van der Waals surface area (Å²) in [7, 11) is 0. The summed E-state index contributed by atoms with van der Waals surface area (Å²) in [5.74, 6) is -0.438. The van der Waals surface area contributed by atoms with Gasteiger partial charge in [-0.3, -0.25) is 9.59 Å². The molecule has 1 amide bonds. The van der Waals surface area contributed by atoms with Crippen LogP contribution < -0.4 is 0 Å². The van der Waals surface area contributed by atoms with Crippen molar-refractivity contribution >= 4 is 11.9 Å². The standard InChI is InChI=1S/C11H19NO3/c1-4-6-7-12(11(14)5-2)8-9-15-10(3)13/h5H,2,4,6-9H2,1,3H3. The number of unbranched alkanes of at least 4 members (excludes halogenated alkanes) is 1. The summed E-state index contributed by atoms with van der Waals surface area (Å²) in [4.78, 5) is 23.5. The fourth-order valence-electron chi connectivity index (χ4n) is 1.11. The number of hydrogen-bond donors (Lipinski definition) is 0. The maximum Gasteiger partial charge on any atom is 0.302 e. The fraction of sp³-hybridized carbons (Fsp3) is 0.636. The van der Waals surface area contributed by atoms with Crippen molar-refractivity contribution in [3.8, 4) is 0 Å². The summed E-state index contributed by atoms with van der Waals surface area (Å²) in [6, 6.07) is 0. The third kappa shape index (κ3) is 6.71. The molecular weight excluding hydrogens is 194 g/mol. The van der Waals surface area contributed by atoms with E-state index in [4.69, 9.17) is 4.74 Å². The van der Waals surface area contributed by atoms with Gasteiger partial charge in [0, 0.05) is 13.5 Å². The van der Waals surface area contributed by atoms with Gasteiger partial charge in [-0.05, 0) is 12.5 Å². The Labute approximate surface area is 90.9 Å². The van der Waals surface area contributed by atoms with E-state index in [1.54, 1.807) is 4.90 Å². The van der Waals surface area contributed by atoms with Crippen LogP contribution in [-0.2, 0) is 14.3 Å². The Hall–Kier alpha value is -1.32. The molecule has 0 aliphatic heterocycles. The van der Waals surface area contributed by atoms with E-state index in [-0.39, 0.29) is 18.5 Å². The number of carbonyl (C=O) groups excluding carboxylic acids is 2. The third-order valence-corrected chi connectivity index (χ3v) is 1.93. The van der Waals surface area contributed by atoms with E-state index in [1.807, 2.05) is 0 Å². The van der Waals surface area contributed by atoms with Gasteiger partial charge in [-0.15, -0.1) is 0 Å². The van der Waals surface area contributed by atoms with Crippen molar-refractivity contribution in [1.29, 1.82) is 0 Å². The molecule has 0 saturated heterocycles. The molecular formula is C11H19NO3. The van der Waals surface area contributed by atoms with E-state index < -0.39 is 0 Å². The smallest absolute Gasteiger partial charge is 0.302 e. The second-order valence-corrected chi connectivity index (χ2v) is 3.22. The molecule has 0 unspecified atom stereocenters. The Kier molecular flexibility index (Phi) is 7.32. The molecule has 0 saturated carbocycles. The predicted molar refractivity (Wildman–Crippen MR) is 58.3 cm³/mol. The highest BCUT2D eigenvalue weighted by Crippen LogP contribution is 1.97. The van der Waals surface area contributed by atoms with Crippen LogP contribution in [0, 0.1) is 0 Å². The van der Waals surface area contributed by atoms with Gasteiger partial charge in [0.05, 0.1) is 6.54 Å². The van der Waals surface area contributed by atoms with Crippen LogP contribution in [-0.4, -0.2) is 36.5 Å². The van der Waals surface area contributed by atoms with Crippen LogP contribution in [0.3, 0.4) is 0 Å². The average molecular weight is 213 g/mol. The second-order valence-electron chi connectivity index (χ2n) is 3.22. The van der Waals surface area contributed by atoms with E-state index in [0.717, 1.165) is 12.8 Å². The van der Waals surface area contributed by atoms with E-state index in [2.05, 4.69) is 13.5 Å². The van der Waals surface area contributed by atoms with Gasteiger partial charge in [-0.2, -0.15) is 0 Å². The highest BCUT2D eigenvalue weighted by atomic mass is 16.5. The van der Waals surface area contributed by atoms with E-state index >= 15 is 0 Å². The summed E-state index contributed by atoms with van der Waals surface area (Å²) in [6.07, 6.45) is 3.25. The summed E-state index contributed by atoms with van der Waals surface area (Å²) < 4.78 is 4.78. The molecule has 15 heavy (non-hydrogen) atoms. The van der Waals surface area contributed by atoms with Gasteiger partial charge in [0.1, 0.15) is 6.61 Å². The number of carbonyl (C=O) groups is 2. The maximum atomic E-state index is 11.4. The van der Waals surface area contributed by atoms with Crippen LogP contribution in [0.25, 0.3) is 0 Å². The molecule has 0 atom stereocenters. The highest BCUT2D eigenvalue weighted by molar-refractivity contribution is 5.86. The summed E-state index contributed by atoms with van der Waals surface area (Å²) in [6.45, 7) is 8.21. The van der Waals surface area contributed by atoms with Gasteiger partial charge in [0.2, 0.25) is 5.91 Å². The van der Waals surface area contributed by atoms with Crippen molar-refractivity contribution in [2.45, 2.75) is 26.7 Å². The SMILES string of the molecule is C=CC(=O)N(CCCC)CCOC(C)=O. The van der Waals surface area contributed by atoms with Crippen LogP contribution in [0.1, 0.15) is 26.7 Å². The second kappa shape index (κ2) is 8.03. The average Bonchev–Trinajstić information content (AvgIpc) is 2.21. The van der Waals surface area contributed by atoms with Crippen LogP contribution in [0.2, 0.25) is 0 Å². The number of amides is 1. The first-order chi connectivity index (χ1) is 7.11. The van der Waals surface area contributed by atoms with Crippen molar-refractivity contribution in [2.75, 3.05) is 19.7 Å². The van der Waals surface area contributed by atoms with Crippen molar-refractivity contribution in [3.63, 3.8) is 0 Å². The molecule has 0 N–H and O–H groups in total. The quantitative estimate of drug-likeness (QED) is 0.474. The molecule has 0 aromatic carbocycles. The highest BCUT2D eigenvalue weighted by Gasteiger charge is 2.09. The van der Waals surface area contributed by atoms with Crippen molar-refractivity contribution in [2.24, 2.45) is 0 Å². The van der Waals surface area contributed by atoms with Gasteiger partial charge in [0.25, 0.3) is 0 Å². The van der Waals surface area contributed by atoms with Crippen LogP contribution in [0.15, 0.2) is 12.7 Å². The molecule has 0 aromatic rings. The Morgan fingerprint density at radius 2 is 2.07 bits per heavy atom. The monoisotopic (exact) mass is 213 g/mol. The molecule has 4 nitrogen and oxygen atoms in total. The zero-order valence-corrected chi connectivity index (χ0v) is 9.49. The normalized spacial score (nSPS) is 9.47. The molecule has 0 heterocycles. The fourth-order valence-corrected chi connectivity index (χ4v) is 1.11. The van der Waals surface area contributed by atoms with Gasteiger partial charge in [-0.25, -0.2) is 0 Å². The first kappa shape index (κ1) is 13.7. The van der Waals surface area contributed by atoms with Crippen LogP contribution in [0.4, 0.5) is 0 Å². The van der Waals surface area contributed by atoms with E-state index in [9.17, 15) is 9.59 Å². The Morgan fingerprint density at radius 3 is 2.53 bits per heavy atom. The summed E-state index contributed by atoms with van der Waals surface area (Å²) in [5.41, 5.74) is 0. The molecule has 0 bridgehead atoms. The maximum absolute atomic E-state index is 11.4. The zero-order valence-electron chi connectivity index (χ0n) is 9.49. The first-order valence-corrected chi connectivity index (χ1v) is 5.16. The molecule has 0 fully saturated rings. The number of hydrogen-bond acceptors (Lipinski definition) is 3. The Bertz CT molecular complexity index is 226. The van der Waals surface area contributed by atoms with Gasteiger partial charge in [0.15, 0.2) is 0 Å². The van der Waals surface area contributed by atoms with E-state index in [1.165, 1.54) is 13.0 Å². The van der Waals surface area contributed by atoms with Gasteiger partial charge < -0.3 is 9.64 Å². The Morgan fingerprint density at radius 1 is 1.40 bits per heavy atom. The lowest BCUT2D eigenvalue weighted by Gasteiger charge is -2.20. The van der Waals surface area contributed by atoms with Crippen molar-refractivity contribution in [3.05, 3.63) is 12.7 Å². The minimum absolute atomic E-state index is 0.115. The summed E-state index contributed by atoms with van der Waals surface area (Å²) in [5, 5.41) is 0. The topological polar surface area (TPSA) is 46.6 Å². The van der Waals surface area contributed by atoms with Crippen molar-refractivity contribution in [1.82, 2.24) is 4.90 Å². The number of ether oxygens (including phenoxy) is 1. The third-order valence-electron chi connectivity index (χ3n) is 1.93. The molecule has 0 radical (unpaired) electrons. The minimum Gasteiger partial charge on any atom is -0.464 e. The lowest BCUT2D eigenvalue weighted by molar-refractivity contribution is -0.142. The minimum atomic E-state index is -0.323. The Balaban J connectivity index is 3.95. The largest absolute Gasteiger partial charge is 0.464 e. The van der Waals surface area contributed by atoms with Crippen molar-refractivity contribution < 1.29 is 14.3 Å². The van der Waals surface area contributed by atoms with Gasteiger partial charge >= 0.3 is 5.97 Å². The van der Waals surface area contributed by atoms with Crippen LogP contribution in [0.5, 0.6) is 0 Å². The molecule has 86 valence electrons. The number of rotatable bonds is 7. The lowest BCUT2D eigenvalue weighted by atomic mass is 10.3. The zero-order chi connectivity index (χ0) is 11.7. The van der Waals surface area contributed by atoms with Crippen LogP contribution >= 0.6 is 0 Å². The lowest BCUT2D eigenvalue weighted by Crippen LogP contribution is -2.33. The molecule has 4 heteroatoms. The molecule has 0 aliphatic rings. The van der Waals surface area contributed by atoms with E-state index in [0.29, 0.717) is 13.1 Å². The molecule has 0 spiro atoms. The molecule has 0 aromatic heterocycles. The molecule has 0 aliphatic carbocycles. The first-order valence-electron chi connectivity index (χ1n) is 5.16. The number of nitrogens with zero attached hydrogens (tertiary/aromatic N) is 1. The van der Waals surface area contributed by atoms with Gasteiger partial charge in [-0.1, -0.05) is 19.9 Å². The predicted octanol–water partition coefficient (Wildman–Crippen LogP) is 1.36.